The van der Waals surface area contributed by atoms with E-state index in [-0.39, 0.29) is 0 Å². The molecule has 0 spiro atoms. The highest BCUT2D eigenvalue weighted by molar-refractivity contribution is 7.07. The molecular weight excluding hydrogens is 188 g/mol. The highest BCUT2D eigenvalue weighted by Crippen LogP contribution is 2.15. The molecule has 0 atom stereocenters. The molecule has 0 aliphatic rings. The molecule has 14 heavy (non-hydrogen) atoms. The molecule has 0 fully saturated rings. The molecule has 0 amide bonds. The van der Waals surface area contributed by atoms with E-state index in [1.807, 2.05) is 0 Å². The second kappa shape index (κ2) is 3.97. The summed E-state index contributed by atoms with van der Waals surface area (Å²) in [5.74, 6) is 0. The number of aryl methyl sites for hydroxylation is 2. The second-order valence-electron chi connectivity index (χ2n) is 3.64. The van der Waals surface area contributed by atoms with Crippen LogP contribution in [0, 0.1) is 19.2 Å². The maximum absolute atomic E-state index is 3.26. The van der Waals surface area contributed by atoms with Crippen LogP contribution >= 0.6 is 11.3 Å². The van der Waals surface area contributed by atoms with Gasteiger partial charge in [-0.1, -0.05) is 18.2 Å². The molecule has 0 unspecified atom stereocenters. The van der Waals surface area contributed by atoms with Gasteiger partial charge in [-0.25, -0.2) is 0 Å². The number of rotatable bonds is 2. The summed E-state index contributed by atoms with van der Waals surface area (Å²) in [6.45, 7) is 4.31. The molecular formula is C13H13S. The molecule has 0 saturated heterocycles. The van der Waals surface area contributed by atoms with Crippen LogP contribution in [0.15, 0.2) is 29.6 Å². The molecule has 1 radical (unpaired) electrons. The number of benzene rings is 1. The van der Waals surface area contributed by atoms with Gasteiger partial charge < -0.3 is 0 Å². The average molecular weight is 201 g/mol. The predicted molar refractivity (Wildman–Crippen MR) is 61.9 cm³/mol. The van der Waals surface area contributed by atoms with Crippen molar-refractivity contribution in [1.82, 2.24) is 0 Å². The summed E-state index contributed by atoms with van der Waals surface area (Å²) < 4.78 is 0. The van der Waals surface area contributed by atoms with Crippen molar-refractivity contribution in [1.29, 1.82) is 0 Å². The Morgan fingerprint density at radius 3 is 2.64 bits per heavy atom. The van der Waals surface area contributed by atoms with Crippen molar-refractivity contribution in [2.75, 3.05) is 0 Å². The highest BCUT2D eigenvalue weighted by Gasteiger charge is 1.98. The third-order valence-electron chi connectivity index (χ3n) is 2.49. The summed E-state index contributed by atoms with van der Waals surface area (Å²) in [7, 11) is 0. The van der Waals surface area contributed by atoms with Crippen LogP contribution in [-0.2, 0) is 6.42 Å². The quantitative estimate of drug-likeness (QED) is 0.694. The van der Waals surface area contributed by atoms with Crippen LogP contribution in [-0.4, -0.2) is 0 Å². The lowest BCUT2D eigenvalue weighted by molar-refractivity contribution is 1.18. The molecule has 2 aromatic rings. The molecule has 0 aliphatic heterocycles. The Labute approximate surface area is 89.2 Å². The van der Waals surface area contributed by atoms with Crippen LogP contribution in [0.25, 0.3) is 0 Å². The topological polar surface area (TPSA) is 0 Å². The van der Waals surface area contributed by atoms with Crippen molar-refractivity contribution in [2.45, 2.75) is 20.3 Å². The number of thiophene rings is 1. The van der Waals surface area contributed by atoms with Gasteiger partial charge in [0.2, 0.25) is 0 Å². The first-order valence-electron chi connectivity index (χ1n) is 4.76. The van der Waals surface area contributed by atoms with E-state index in [9.17, 15) is 0 Å². The van der Waals surface area contributed by atoms with Gasteiger partial charge in [0.05, 0.1) is 0 Å². The molecule has 0 nitrogen and oxygen atoms in total. The third kappa shape index (κ3) is 2.05. The third-order valence-corrected chi connectivity index (χ3v) is 3.15. The molecule has 0 bridgehead atoms. The Morgan fingerprint density at radius 2 is 2.00 bits per heavy atom. The highest BCUT2D eigenvalue weighted by atomic mass is 32.1. The summed E-state index contributed by atoms with van der Waals surface area (Å²) in [4.78, 5) is 0. The van der Waals surface area contributed by atoms with Crippen molar-refractivity contribution in [3.63, 3.8) is 0 Å². The van der Waals surface area contributed by atoms with E-state index in [0.29, 0.717) is 0 Å². The Balaban J connectivity index is 2.22. The fraction of sp³-hybridized carbons (Fsp3) is 0.231. The van der Waals surface area contributed by atoms with Gasteiger partial charge in [0, 0.05) is 5.38 Å². The summed E-state index contributed by atoms with van der Waals surface area (Å²) in [5, 5.41) is 5.34. The van der Waals surface area contributed by atoms with Crippen LogP contribution in [0.1, 0.15) is 22.3 Å². The normalized spacial score (nSPS) is 10.4. The van der Waals surface area contributed by atoms with Crippen molar-refractivity contribution in [2.24, 2.45) is 0 Å². The Hall–Kier alpha value is -1.08. The van der Waals surface area contributed by atoms with Gasteiger partial charge >= 0.3 is 0 Å². The van der Waals surface area contributed by atoms with E-state index in [0.717, 1.165) is 6.42 Å². The first-order valence-corrected chi connectivity index (χ1v) is 5.64. The summed E-state index contributed by atoms with van der Waals surface area (Å²) in [6, 6.07) is 8.80. The minimum absolute atomic E-state index is 1.00. The monoisotopic (exact) mass is 201 g/mol. The second-order valence-corrected chi connectivity index (χ2v) is 4.36. The van der Waals surface area contributed by atoms with Gasteiger partial charge in [0.15, 0.2) is 0 Å². The smallest absolute Gasteiger partial charge is 0.0480 e. The van der Waals surface area contributed by atoms with Gasteiger partial charge in [0.25, 0.3) is 0 Å². The van der Waals surface area contributed by atoms with Crippen LogP contribution in [0.5, 0.6) is 0 Å². The zero-order valence-corrected chi connectivity index (χ0v) is 9.32. The van der Waals surface area contributed by atoms with Gasteiger partial charge in [-0.2, -0.15) is 0 Å². The number of hydrogen-bond donors (Lipinski definition) is 0. The van der Waals surface area contributed by atoms with Crippen molar-refractivity contribution in [3.8, 4) is 0 Å². The standard InChI is InChI=1S/C13H13S/c1-10-3-4-12(7-11(10)2)8-13-5-6-14-9-13/h3-7H,8H2,1-2H3. The van der Waals surface area contributed by atoms with Crippen LogP contribution in [0.2, 0.25) is 0 Å². The Kier molecular flexibility index (Phi) is 2.69. The summed E-state index contributed by atoms with van der Waals surface area (Å²) >= 11 is 1.64. The zero-order valence-electron chi connectivity index (χ0n) is 8.50. The lowest BCUT2D eigenvalue weighted by atomic mass is 10.0. The van der Waals surface area contributed by atoms with E-state index >= 15 is 0 Å². The first kappa shape index (κ1) is 9.47. The maximum atomic E-state index is 3.26. The molecule has 0 aliphatic carbocycles. The van der Waals surface area contributed by atoms with Crippen LogP contribution in [0.3, 0.4) is 0 Å². The minimum atomic E-state index is 1.00. The Morgan fingerprint density at radius 1 is 1.14 bits per heavy atom. The minimum Gasteiger partial charge on any atom is -0.143 e. The zero-order chi connectivity index (χ0) is 9.97. The van der Waals surface area contributed by atoms with E-state index in [1.54, 1.807) is 11.3 Å². The SMILES string of the molecule is Cc1ccc(Cc2[c]scc2)cc1C. The molecule has 0 saturated carbocycles. The van der Waals surface area contributed by atoms with Crippen molar-refractivity contribution in [3.05, 3.63) is 57.3 Å². The Bertz CT molecular complexity index is 413. The predicted octanol–water partition coefficient (Wildman–Crippen LogP) is 3.76. The maximum Gasteiger partial charge on any atom is 0.0480 e. The molecule has 0 N–H and O–H groups in total. The fourth-order valence-electron chi connectivity index (χ4n) is 1.49. The lowest BCUT2D eigenvalue weighted by Crippen LogP contribution is -1.88. The first-order chi connectivity index (χ1) is 6.75. The van der Waals surface area contributed by atoms with Crippen molar-refractivity contribution < 1.29 is 0 Å². The van der Waals surface area contributed by atoms with Gasteiger partial charge in [-0.15, -0.1) is 11.3 Å². The van der Waals surface area contributed by atoms with E-state index < -0.39 is 0 Å². The van der Waals surface area contributed by atoms with Crippen LogP contribution in [0.4, 0.5) is 0 Å². The fourth-order valence-corrected chi connectivity index (χ4v) is 2.08. The average Bonchev–Trinajstić information content (AvgIpc) is 2.64. The summed E-state index contributed by atoms with van der Waals surface area (Å²) in [6.07, 6.45) is 1.00. The molecule has 1 heteroatoms. The van der Waals surface area contributed by atoms with Gasteiger partial charge in [-0.05, 0) is 54.0 Å². The molecule has 2 rings (SSSR count). The molecule has 1 heterocycles. The number of hydrogen-bond acceptors (Lipinski definition) is 1. The van der Waals surface area contributed by atoms with Crippen molar-refractivity contribution >= 4 is 11.3 Å². The molecule has 1 aromatic carbocycles. The van der Waals surface area contributed by atoms with E-state index in [2.05, 4.69) is 48.9 Å². The lowest BCUT2D eigenvalue weighted by Gasteiger charge is -2.03. The van der Waals surface area contributed by atoms with E-state index in [1.165, 1.54) is 22.3 Å². The molecule has 1 aromatic heterocycles. The van der Waals surface area contributed by atoms with Gasteiger partial charge in [-0.3, -0.25) is 0 Å². The van der Waals surface area contributed by atoms with Crippen LogP contribution < -0.4 is 0 Å². The van der Waals surface area contributed by atoms with Gasteiger partial charge in [0.1, 0.15) is 0 Å². The summed E-state index contributed by atoms with van der Waals surface area (Å²) in [5.41, 5.74) is 5.40. The molecule has 71 valence electrons. The largest absolute Gasteiger partial charge is 0.143 e. The van der Waals surface area contributed by atoms with E-state index in [4.69, 9.17) is 0 Å².